The molecule has 7 N–H and O–H groups in total. The number of hydrogen-bond donors (Lipinski definition) is 7. The van der Waals surface area contributed by atoms with Crippen molar-refractivity contribution in [2.45, 2.75) is 82.0 Å². The van der Waals surface area contributed by atoms with Crippen LogP contribution < -0.4 is 0 Å². The van der Waals surface area contributed by atoms with Crippen molar-refractivity contribution in [3.8, 4) is 0 Å². The molecular weight excluding hydrogens is 352 g/mol. The van der Waals surface area contributed by atoms with Crippen LogP contribution in [0.15, 0.2) is 0 Å². The molecule has 2 rings (SSSR count). The lowest BCUT2D eigenvalue weighted by molar-refractivity contribution is -0.345. The van der Waals surface area contributed by atoms with Crippen LogP contribution >= 0.6 is 0 Å². The molecule has 2 heterocycles. The molecule has 10 heteroatoms. The van der Waals surface area contributed by atoms with E-state index in [9.17, 15) is 35.7 Å². The molecule has 0 radical (unpaired) electrons. The van der Waals surface area contributed by atoms with Crippen LogP contribution in [0.1, 0.15) is 20.8 Å². The molecule has 0 aromatic rings. The van der Waals surface area contributed by atoms with Gasteiger partial charge in [-0.3, -0.25) is 0 Å². The van der Waals surface area contributed by atoms with E-state index in [1.165, 1.54) is 0 Å². The Morgan fingerprint density at radius 1 is 0.731 bits per heavy atom. The zero-order chi connectivity index (χ0) is 19.8. The zero-order valence-corrected chi connectivity index (χ0v) is 15.0. The Hall–Kier alpha value is -0.400. The highest BCUT2D eigenvalue weighted by Gasteiger charge is 2.52. The Balaban J connectivity index is 2.16. The first-order valence-electron chi connectivity index (χ1n) is 8.61. The first-order chi connectivity index (χ1) is 12.0. The molecule has 0 spiro atoms. The normalized spacial score (nSPS) is 47.8. The van der Waals surface area contributed by atoms with Crippen LogP contribution in [0.5, 0.6) is 0 Å². The first kappa shape index (κ1) is 21.9. The number of hydrogen-bond acceptors (Lipinski definition) is 10. The fourth-order valence-electron chi connectivity index (χ4n) is 3.31. The molecule has 2 fully saturated rings. The molecule has 2 aliphatic heterocycles. The SMILES string of the molecule is CC(C)(C)[C@@H]1OC(CO)[C@@H](O[C@@H]2OC(CO)[C@H](O)C(O)C2O)C(O)C1O. The van der Waals surface area contributed by atoms with Crippen LogP contribution in [0.2, 0.25) is 0 Å². The molecule has 26 heavy (non-hydrogen) atoms. The second-order valence-corrected chi connectivity index (χ2v) is 7.92. The zero-order valence-electron chi connectivity index (χ0n) is 15.0. The summed E-state index contributed by atoms with van der Waals surface area (Å²) in [7, 11) is 0. The van der Waals surface area contributed by atoms with E-state index in [4.69, 9.17) is 14.2 Å². The van der Waals surface area contributed by atoms with E-state index >= 15 is 0 Å². The third kappa shape index (κ3) is 4.20. The van der Waals surface area contributed by atoms with Gasteiger partial charge in [-0.15, -0.1) is 0 Å². The second kappa shape index (κ2) is 8.31. The van der Waals surface area contributed by atoms with Crippen molar-refractivity contribution in [3.05, 3.63) is 0 Å². The van der Waals surface area contributed by atoms with E-state index in [0.717, 1.165) is 0 Å². The number of aliphatic hydroxyl groups excluding tert-OH is 7. The van der Waals surface area contributed by atoms with Crippen LogP contribution in [0.4, 0.5) is 0 Å². The van der Waals surface area contributed by atoms with Crippen molar-refractivity contribution in [1.29, 1.82) is 0 Å². The van der Waals surface area contributed by atoms with Crippen LogP contribution in [-0.2, 0) is 14.2 Å². The van der Waals surface area contributed by atoms with Crippen LogP contribution in [-0.4, -0.2) is 110 Å². The predicted molar refractivity (Wildman–Crippen MR) is 85.9 cm³/mol. The quantitative estimate of drug-likeness (QED) is 0.261. The summed E-state index contributed by atoms with van der Waals surface area (Å²) in [6, 6.07) is 0. The lowest BCUT2D eigenvalue weighted by Gasteiger charge is -2.48. The summed E-state index contributed by atoms with van der Waals surface area (Å²) in [6.45, 7) is 4.26. The van der Waals surface area contributed by atoms with Crippen LogP contribution in [0, 0.1) is 5.41 Å². The third-order valence-electron chi connectivity index (χ3n) is 4.86. The van der Waals surface area contributed by atoms with Gasteiger partial charge in [-0.1, -0.05) is 20.8 Å². The molecule has 0 saturated carbocycles. The van der Waals surface area contributed by atoms with Crippen molar-refractivity contribution < 1.29 is 50.0 Å². The molecule has 0 amide bonds. The van der Waals surface area contributed by atoms with Gasteiger partial charge in [0.15, 0.2) is 6.29 Å². The van der Waals surface area contributed by atoms with Crippen molar-refractivity contribution in [2.75, 3.05) is 13.2 Å². The predicted octanol–water partition coefficient (Wildman–Crippen LogP) is -3.30. The van der Waals surface area contributed by atoms with Gasteiger partial charge in [0.1, 0.15) is 48.8 Å². The molecule has 6 unspecified atom stereocenters. The highest BCUT2D eigenvalue weighted by Crippen LogP contribution is 2.35. The van der Waals surface area contributed by atoms with Crippen LogP contribution in [0.25, 0.3) is 0 Å². The minimum atomic E-state index is -1.67. The fourth-order valence-corrected chi connectivity index (χ4v) is 3.31. The molecular formula is C16H30O10. The monoisotopic (exact) mass is 382 g/mol. The Morgan fingerprint density at radius 2 is 1.31 bits per heavy atom. The molecule has 10 nitrogen and oxygen atoms in total. The van der Waals surface area contributed by atoms with Crippen molar-refractivity contribution in [3.63, 3.8) is 0 Å². The molecule has 0 aromatic carbocycles. The number of rotatable bonds is 4. The Kier molecular flexibility index (Phi) is 7.00. The molecule has 10 atom stereocenters. The molecule has 2 saturated heterocycles. The Bertz CT molecular complexity index is 451. The largest absolute Gasteiger partial charge is 0.394 e. The first-order valence-corrected chi connectivity index (χ1v) is 8.61. The lowest BCUT2D eigenvalue weighted by atomic mass is 9.80. The summed E-state index contributed by atoms with van der Waals surface area (Å²) in [5.74, 6) is 0. The van der Waals surface area contributed by atoms with Crippen LogP contribution in [0.3, 0.4) is 0 Å². The summed E-state index contributed by atoms with van der Waals surface area (Å²) in [5, 5.41) is 69.3. The summed E-state index contributed by atoms with van der Waals surface area (Å²) in [4.78, 5) is 0. The summed E-state index contributed by atoms with van der Waals surface area (Å²) in [5.41, 5.74) is -0.526. The maximum atomic E-state index is 10.5. The average Bonchev–Trinajstić information content (AvgIpc) is 2.58. The highest BCUT2D eigenvalue weighted by molar-refractivity contribution is 4.98. The van der Waals surface area contributed by atoms with E-state index in [0.29, 0.717) is 0 Å². The fraction of sp³-hybridized carbons (Fsp3) is 1.00. The minimum Gasteiger partial charge on any atom is -0.394 e. The Labute approximate surface area is 151 Å². The van der Waals surface area contributed by atoms with Gasteiger partial charge in [-0.05, 0) is 5.41 Å². The topological polar surface area (TPSA) is 169 Å². The van der Waals surface area contributed by atoms with Crippen molar-refractivity contribution in [1.82, 2.24) is 0 Å². The maximum absolute atomic E-state index is 10.5. The summed E-state index contributed by atoms with van der Waals surface area (Å²) >= 11 is 0. The van der Waals surface area contributed by atoms with Gasteiger partial charge < -0.3 is 50.0 Å². The summed E-state index contributed by atoms with van der Waals surface area (Å²) in [6.07, 6.45) is -13.4. The average molecular weight is 382 g/mol. The smallest absolute Gasteiger partial charge is 0.187 e. The molecule has 2 aliphatic rings. The third-order valence-corrected chi connectivity index (χ3v) is 4.86. The van der Waals surface area contributed by atoms with E-state index < -0.39 is 79.9 Å². The van der Waals surface area contributed by atoms with Gasteiger partial charge in [0, 0.05) is 0 Å². The van der Waals surface area contributed by atoms with E-state index in [-0.39, 0.29) is 0 Å². The van der Waals surface area contributed by atoms with Gasteiger partial charge in [0.2, 0.25) is 0 Å². The van der Waals surface area contributed by atoms with Gasteiger partial charge >= 0.3 is 0 Å². The van der Waals surface area contributed by atoms with Gasteiger partial charge in [-0.2, -0.15) is 0 Å². The standard InChI is InChI=1S/C16H30O10/c1-16(2,3)14-11(22)10(21)13(7(5-18)24-14)26-15-12(23)9(20)8(19)6(4-17)25-15/h6-15,17-23H,4-5H2,1-3H3/t6?,7?,8-,9?,10?,11?,12?,13+,14+,15-/m0/s1. The molecule has 0 aliphatic carbocycles. The molecule has 0 bridgehead atoms. The molecule has 0 aromatic heterocycles. The number of ether oxygens (including phenoxy) is 3. The van der Waals surface area contributed by atoms with Crippen molar-refractivity contribution >= 4 is 0 Å². The van der Waals surface area contributed by atoms with E-state index in [1.807, 2.05) is 0 Å². The van der Waals surface area contributed by atoms with Crippen molar-refractivity contribution in [2.24, 2.45) is 5.41 Å². The van der Waals surface area contributed by atoms with Gasteiger partial charge in [0.25, 0.3) is 0 Å². The Morgan fingerprint density at radius 3 is 1.81 bits per heavy atom. The van der Waals surface area contributed by atoms with Gasteiger partial charge in [-0.25, -0.2) is 0 Å². The summed E-state index contributed by atoms with van der Waals surface area (Å²) < 4.78 is 16.4. The highest BCUT2D eigenvalue weighted by atomic mass is 16.7. The molecule has 154 valence electrons. The van der Waals surface area contributed by atoms with E-state index in [1.54, 1.807) is 20.8 Å². The number of aliphatic hydroxyl groups is 7. The minimum absolute atomic E-state index is 0.526. The maximum Gasteiger partial charge on any atom is 0.187 e. The second-order valence-electron chi connectivity index (χ2n) is 7.92. The van der Waals surface area contributed by atoms with E-state index in [2.05, 4.69) is 0 Å². The van der Waals surface area contributed by atoms with Gasteiger partial charge in [0.05, 0.1) is 19.3 Å². The lowest BCUT2D eigenvalue weighted by Crippen LogP contribution is -2.65.